The van der Waals surface area contributed by atoms with E-state index in [0.717, 1.165) is 18.4 Å². The van der Waals surface area contributed by atoms with Gasteiger partial charge in [-0.15, -0.1) is 5.10 Å². The van der Waals surface area contributed by atoms with E-state index in [-0.39, 0.29) is 18.0 Å². The molecule has 25 heavy (non-hydrogen) atoms. The molecule has 1 aromatic carbocycles. The number of fused-ring (bicyclic) bond motifs is 2. The van der Waals surface area contributed by atoms with Crippen LogP contribution in [0.2, 0.25) is 0 Å². The molecule has 2 fully saturated rings. The number of aliphatic hydroxyl groups is 1. The molecule has 2 saturated heterocycles. The lowest BCUT2D eigenvalue weighted by Crippen LogP contribution is -2.51. The van der Waals surface area contributed by atoms with Crippen LogP contribution in [0.1, 0.15) is 31.2 Å². The molecule has 2 aliphatic rings. The van der Waals surface area contributed by atoms with Crippen molar-refractivity contribution in [3.63, 3.8) is 0 Å². The summed E-state index contributed by atoms with van der Waals surface area (Å²) >= 11 is 0. The molecule has 6 nitrogen and oxygen atoms in total. The van der Waals surface area contributed by atoms with Crippen molar-refractivity contribution >= 4 is 11.7 Å². The number of hydrogen-bond acceptors (Lipinski definition) is 5. The molecule has 130 valence electrons. The highest BCUT2D eigenvalue weighted by molar-refractivity contribution is 5.91. The number of hydrogen-bond donors (Lipinski definition) is 2. The Morgan fingerprint density at radius 3 is 2.52 bits per heavy atom. The van der Waals surface area contributed by atoms with Crippen molar-refractivity contribution < 1.29 is 9.90 Å². The van der Waals surface area contributed by atoms with Gasteiger partial charge in [0.2, 0.25) is 5.91 Å². The van der Waals surface area contributed by atoms with Gasteiger partial charge in [-0.3, -0.25) is 9.69 Å². The van der Waals surface area contributed by atoms with Crippen LogP contribution in [0, 0.1) is 0 Å². The van der Waals surface area contributed by atoms with E-state index in [0.29, 0.717) is 25.2 Å². The third kappa shape index (κ3) is 3.27. The normalized spacial score (nSPS) is 28.7. The standard InChI is InChI=1S/C19H22N4O2/c24-18(21-17-7-4-10-20-22-17)13-23-15-8-9-16(23)12-19(25,11-15)14-5-2-1-3-6-14/h1-7,10,15-16,25H,8-9,11-13H2,(H,21,22,24). The predicted octanol–water partition coefficient (Wildman–Crippen LogP) is 1.93. The van der Waals surface area contributed by atoms with Crippen LogP contribution in [0.4, 0.5) is 5.82 Å². The molecule has 1 amide bonds. The van der Waals surface area contributed by atoms with E-state index in [4.69, 9.17) is 0 Å². The van der Waals surface area contributed by atoms with Crippen LogP contribution in [0.25, 0.3) is 0 Å². The van der Waals surface area contributed by atoms with Crippen LogP contribution in [0.15, 0.2) is 48.7 Å². The summed E-state index contributed by atoms with van der Waals surface area (Å²) in [4.78, 5) is 14.6. The van der Waals surface area contributed by atoms with Gasteiger partial charge in [-0.2, -0.15) is 5.10 Å². The van der Waals surface area contributed by atoms with Gasteiger partial charge in [0.15, 0.2) is 5.82 Å². The molecule has 2 aliphatic heterocycles. The first-order chi connectivity index (χ1) is 12.1. The summed E-state index contributed by atoms with van der Waals surface area (Å²) in [5.74, 6) is 0.389. The molecule has 2 bridgehead atoms. The van der Waals surface area contributed by atoms with Gasteiger partial charge >= 0.3 is 0 Å². The largest absolute Gasteiger partial charge is 0.385 e. The SMILES string of the molecule is O=C(CN1C2CCC1CC(O)(c1ccccc1)C2)Nc1cccnn1. The summed E-state index contributed by atoms with van der Waals surface area (Å²) in [6.07, 6.45) is 4.97. The van der Waals surface area contributed by atoms with Gasteiger partial charge in [0.25, 0.3) is 0 Å². The number of anilines is 1. The lowest BCUT2D eigenvalue weighted by Gasteiger charge is -2.43. The Balaban J connectivity index is 1.43. The van der Waals surface area contributed by atoms with Crippen molar-refractivity contribution in [1.82, 2.24) is 15.1 Å². The lowest BCUT2D eigenvalue weighted by atomic mass is 9.80. The maximum Gasteiger partial charge on any atom is 0.239 e. The average molecular weight is 338 g/mol. The third-order valence-electron chi connectivity index (χ3n) is 5.39. The van der Waals surface area contributed by atoms with Gasteiger partial charge in [0.05, 0.1) is 12.1 Å². The fraction of sp³-hybridized carbons (Fsp3) is 0.421. The van der Waals surface area contributed by atoms with Crippen molar-refractivity contribution in [3.8, 4) is 0 Å². The number of nitrogens with one attached hydrogen (secondary N) is 1. The Morgan fingerprint density at radius 2 is 1.88 bits per heavy atom. The number of rotatable bonds is 4. The van der Waals surface area contributed by atoms with Crippen molar-refractivity contribution in [2.75, 3.05) is 11.9 Å². The van der Waals surface area contributed by atoms with Crippen molar-refractivity contribution in [3.05, 3.63) is 54.2 Å². The molecule has 6 heteroatoms. The van der Waals surface area contributed by atoms with Gasteiger partial charge in [-0.25, -0.2) is 0 Å². The molecule has 2 N–H and O–H groups in total. The van der Waals surface area contributed by atoms with E-state index in [1.165, 1.54) is 0 Å². The Bertz CT molecular complexity index is 724. The third-order valence-corrected chi connectivity index (χ3v) is 5.39. The Hall–Kier alpha value is -2.31. The highest BCUT2D eigenvalue weighted by Crippen LogP contribution is 2.45. The summed E-state index contributed by atoms with van der Waals surface area (Å²) in [5, 5.41) is 21.6. The van der Waals surface area contributed by atoms with Gasteiger partial charge in [0.1, 0.15) is 0 Å². The zero-order valence-corrected chi connectivity index (χ0v) is 14.0. The first-order valence-electron chi connectivity index (χ1n) is 8.75. The van der Waals surface area contributed by atoms with Crippen molar-refractivity contribution in [2.45, 2.75) is 43.4 Å². The second kappa shape index (κ2) is 6.54. The number of amides is 1. The maximum atomic E-state index is 12.3. The first kappa shape index (κ1) is 16.2. The zero-order valence-electron chi connectivity index (χ0n) is 14.0. The van der Waals surface area contributed by atoms with Crippen LogP contribution >= 0.6 is 0 Å². The Kier molecular flexibility index (Phi) is 4.23. The molecule has 1 aromatic heterocycles. The van der Waals surface area contributed by atoms with Crippen LogP contribution < -0.4 is 5.32 Å². The van der Waals surface area contributed by atoms with Crippen LogP contribution in [-0.4, -0.2) is 44.7 Å². The van der Waals surface area contributed by atoms with E-state index in [1.807, 2.05) is 30.3 Å². The molecule has 2 unspecified atom stereocenters. The van der Waals surface area contributed by atoms with Gasteiger partial charge < -0.3 is 10.4 Å². The molecule has 2 atom stereocenters. The number of carbonyl (C=O) groups excluding carboxylic acids is 1. The molecule has 4 rings (SSSR count). The zero-order chi connectivity index (χ0) is 17.3. The van der Waals surface area contributed by atoms with Crippen molar-refractivity contribution in [2.24, 2.45) is 0 Å². The molecule has 3 heterocycles. The first-order valence-corrected chi connectivity index (χ1v) is 8.75. The summed E-state index contributed by atoms with van der Waals surface area (Å²) in [6.45, 7) is 0.330. The minimum Gasteiger partial charge on any atom is -0.385 e. The number of piperidine rings is 1. The van der Waals surface area contributed by atoms with E-state index in [2.05, 4.69) is 20.4 Å². The van der Waals surface area contributed by atoms with E-state index in [9.17, 15) is 9.90 Å². The second-order valence-corrected chi connectivity index (χ2v) is 7.02. The highest BCUT2D eigenvalue weighted by Gasteiger charge is 2.48. The smallest absolute Gasteiger partial charge is 0.239 e. The number of benzene rings is 1. The summed E-state index contributed by atoms with van der Waals surface area (Å²) in [7, 11) is 0. The number of nitrogens with zero attached hydrogens (tertiary/aromatic N) is 3. The highest BCUT2D eigenvalue weighted by atomic mass is 16.3. The lowest BCUT2D eigenvalue weighted by molar-refractivity contribution is -0.121. The van der Waals surface area contributed by atoms with E-state index in [1.54, 1.807) is 18.3 Å². The topological polar surface area (TPSA) is 78.4 Å². The quantitative estimate of drug-likeness (QED) is 0.891. The Labute approximate surface area is 146 Å². The van der Waals surface area contributed by atoms with Crippen LogP contribution in [0.5, 0.6) is 0 Å². The van der Waals surface area contributed by atoms with Gasteiger partial charge in [-0.1, -0.05) is 30.3 Å². The fourth-order valence-corrected chi connectivity index (χ4v) is 4.27. The summed E-state index contributed by atoms with van der Waals surface area (Å²) in [6, 6.07) is 13.8. The molecular weight excluding hydrogens is 316 g/mol. The monoisotopic (exact) mass is 338 g/mol. The second-order valence-electron chi connectivity index (χ2n) is 7.02. The van der Waals surface area contributed by atoms with Gasteiger partial charge in [0, 0.05) is 18.3 Å². The minimum atomic E-state index is -0.787. The number of carbonyl (C=O) groups is 1. The van der Waals surface area contributed by atoms with E-state index < -0.39 is 5.60 Å². The molecular formula is C19H22N4O2. The average Bonchev–Trinajstić information content (AvgIpc) is 2.87. The van der Waals surface area contributed by atoms with Gasteiger partial charge in [-0.05, 0) is 43.4 Å². The molecule has 0 aliphatic carbocycles. The molecule has 2 aromatic rings. The summed E-state index contributed by atoms with van der Waals surface area (Å²) in [5.41, 5.74) is 0.195. The van der Waals surface area contributed by atoms with Crippen LogP contribution in [0.3, 0.4) is 0 Å². The van der Waals surface area contributed by atoms with Crippen LogP contribution in [-0.2, 0) is 10.4 Å². The molecule has 0 saturated carbocycles. The molecule has 0 spiro atoms. The van der Waals surface area contributed by atoms with E-state index >= 15 is 0 Å². The Morgan fingerprint density at radius 1 is 1.16 bits per heavy atom. The predicted molar refractivity (Wildman–Crippen MR) is 93.8 cm³/mol. The van der Waals surface area contributed by atoms with Crippen molar-refractivity contribution in [1.29, 1.82) is 0 Å². The summed E-state index contributed by atoms with van der Waals surface area (Å²) < 4.78 is 0. The molecule has 0 radical (unpaired) electrons. The number of aromatic nitrogens is 2. The maximum absolute atomic E-state index is 12.3. The fourth-order valence-electron chi connectivity index (χ4n) is 4.27. The minimum absolute atomic E-state index is 0.0810.